The molecule has 21 heavy (non-hydrogen) atoms. The van der Waals surface area contributed by atoms with Crippen molar-refractivity contribution in [2.75, 3.05) is 6.54 Å². The highest BCUT2D eigenvalue weighted by atomic mass is 19.1. The smallest absolute Gasteiger partial charge is 0.407 e. The third kappa shape index (κ3) is 5.44. The Kier molecular flexibility index (Phi) is 5.46. The molecule has 1 N–H and O–H groups in total. The Hall–Kier alpha value is -2.69. The zero-order valence-electron chi connectivity index (χ0n) is 11.3. The fourth-order valence-electron chi connectivity index (χ4n) is 1.63. The van der Waals surface area contributed by atoms with Crippen molar-refractivity contribution in [2.24, 2.45) is 0 Å². The molecule has 0 spiro atoms. The van der Waals surface area contributed by atoms with Gasteiger partial charge in [-0.2, -0.15) is 4.39 Å². The van der Waals surface area contributed by atoms with Gasteiger partial charge in [0.25, 0.3) is 0 Å². The summed E-state index contributed by atoms with van der Waals surface area (Å²) in [5.41, 5.74) is 1.61. The summed E-state index contributed by atoms with van der Waals surface area (Å²) in [6.07, 6.45) is 4.29. The van der Waals surface area contributed by atoms with Crippen molar-refractivity contribution < 1.29 is 13.9 Å². The normalized spacial score (nSPS) is 10.5. The topological polar surface area (TPSA) is 51.2 Å². The fourth-order valence-corrected chi connectivity index (χ4v) is 1.63. The number of nitrogens with zero attached hydrogens (tertiary/aromatic N) is 1. The summed E-state index contributed by atoms with van der Waals surface area (Å²) in [7, 11) is 0. The molecule has 1 heterocycles. The number of alkyl carbamates (subject to hydrolysis) is 1. The zero-order chi connectivity index (χ0) is 14.9. The molecule has 0 aliphatic rings. The second-order valence-electron chi connectivity index (χ2n) is 4.26. The first-order valence-corrected chi connectivity index (χ1v) is 6.47. The second-order valence-corrected chi connectivity index (χ2v) is 4.26. The monoisotopic (exact) mass is 286 g/mol. The maximum absolute atomic E-state index is 12.8. The number of ether oxygens (including phenoxy) is 1. The Morgan fingerprint density at radius 1 is 1.29 bits per heavy atom. The van der Waals surface area contributed by atoms with E-state index in [1.54, 1.807) is 18.2 Å². The average Bonchev–Trinajstić information content (AvgIpc) is 2.51. The number of pyridine rings is 1. The van der Waals surface area contributed by atoms with Crippen LogP contribution in [0.1, 0.15) is 11.1 Å². The van der Waals surface area contributed by atoms with Gasteiger partial charge in [0.2, 0.25) is 5.95 Å². The van der Waals surface area contributed by atoms with Gasteiger partial charge in [-0.15, -0.1) is 0 Å². The van der Waals surface area contributed by atoms with Crippen LogP contribution in [-0.4, -0.2) is 17.6 Å². The number of halogens is 1. The molecule has 1 amide bonds. The van der Waals surface area contributed by atoms with Crippen LogP contribution in [0.15, 0.2) is 54.7 Å². The highest BCUT2D eigenvalue weighted by Gasteiger charge is 2.00. The minimum Gasteiger partial charge on any atom is -0.445 e. The summed E-state index contributed by atoms with van der Waals surface area (Å²) in [6, 6.07) is 12.4. The number of amides is 1. The highest BCUT2D eigenvalue weighted by Crippen LogP contribution is 2.02. The van der Waals surface area contributed by atoms with Gasteiger partial charge in [0, 0.05) is 18.8 Å². The summed E-state index contributed by atoms with van der Waals surface area (Å²) in [5.74, 6) is -0.535. The Morgan fingerprint density at radius 2 is 2.10 bits per heavy atom. The number of hydrogen-bond donors (Lipinski definition) is 1. The predicted octanol–water partition coefficient (Wildman–Crippen LogP) is 3.16. The van der Waals surface area contributed by atoms with E-state index < -0.39 is 12.0 Å². The quantitative estimate of drug-likeness (QED) is 0.859. The van der Waals surface area contributed by atoms with Crippen LogP contribution in [0, 0.1) is 5.95 Å². The van der Waals surface area contributed by atoms with Crippen molar-refractivity contribution in [2.45, 2.75) is 6.61 Å². The van der Waals surface area contributed by atoms with Gasteiger partial charge >= 0.3 is 6.09 Å². The second kappa shape index (κ2) is 7.79. The van der Waals surface area contributed by atoms with Gasteiger partial charge in [0.1, 0.15) is 6.61 Å². The minimum atomic E-state index is -0.535. The number of aromatic nitrogens is 1. The van der Waals surface area contributed by atoms with Crippen LogP contribution in [0.5, 0.6) is 0 Å². The molecule has 0 fully saturated rings. The third-order valence-corrected chi connectivity index (χ3v) is 2.64. The summed E-state index contributed by atoms with van der Waals surface area (Å²) in [5, 5.41) is 2.58. The molecule has 108 valence electrons. The standard InChI is InChI=1S/C16H15FN2O2/c17-15-11-13(8-10-18-15)7-4-9-19-16(20)21-12-14-5-2-1-3-6-14/h1-8,10-11H,9,12H2,(H,19,20). The molecule has 2 aromatic rings. The van der Waals surface area contributed by atoms with E-state index in [0.717, 1.165) is 5.56 Å². The Morgan fingerprint density at radius 3 is 2.86 bits per heavy atom. The zero-order valence-corrected chi connectivity index (χ0v) is 11.3. The Labute approximate surface area is 122 Å². The van der Waals surface area contributed by atoms with Crippen LogP contribution in [0.4, 0.5) is 9.18 Å². The molecule has 0 radical (unpaired) electrons. The summed E-state index contributed by atoms with van der Waals surface area (Å²) in [6.45, 7) is 0.531. The van der Waals surface area contributed by atoms with Gasteiger partial charge in [-0.1, -0.05) is 42.5 Å². The SMILES string of the molecule is O=C(NCC=Cc1ccnc(F)c1)OCc1ccccc1. The number of carbonyl (C=O) groups excluding carboxylic acids is 1. The number of hydrogen-bond acceptors (Lipinski definition) is 3. The van der Waals surface area contributed by atoms with Gasteiger partial charge in [0.15, 0.2) is 0 Å². The van der Waals surface area contributed by atoms with Crippen LogP contribution in [0.3, 0.4) is 0 Å². The summed E-state index contributed by atoms with van der Waals surface area (Å²) >= 11 is 0. The first kappa shape index (κ1) is 14.7. The van der Waals surface area contributed by atoms with Crippen LogP contribution in [0.25, 0.3) is 6.08 Å². The molecule has 0 saturated carbocycles. The molecule has 0 bridgehead atoms. The maximum atomic E-state index is 12.8. The first-order chi connectivity index (χ1) is 10.2. The van der Waals surface area contributed by atoms with Gasteiger partial charge in [0.05, 0.1) is 0 Å². The van der Waals surface area contributed by atoms with E-state index >= 15 is 0 Å². The molecule has 1 aromatic heterocycles. The molecule has 0 unspecified atom stereocenters. The Balaban J connectivity index is 1.69. The van der Waals surface area contributed by atoms with Crippen molar-refractivity contribution in [3.8, 4) is 0 Å². The molecular formula is C16H15FN2O2. The highest BCUT2D eigenvalue weighted by molar-refractivity contribution is 5.67. The summed E-state index contributed by atoms with van der Waals surface area (Å²) < 4.78 is 17.9. The molecule has 1 aromatic carbocycles. The maximum Gasteiger partial charge on any atom is 0.407 e. The number of carbonyl (C=O) groups is 1. The lowest BCUT2D eigenvalue weighted by atomic mass is 10.2. The lowest BCUT2D eigenvalue weighted by Gasteiger charge is -2.05. The van der Waals surface area contributed by atoms with Crippen molar-refractivity contribution in [3.05, 3.63) is 71.8 Å². The lowest BCUT2D eigenvalue weighted by molar-refractivity contribution is 0.141. The third-order valence-electron chi connectivity index (χ3n) is 2.64. The van der Waals surface area contributed by atoms with E-state index in [-0.39, 0.29) is 6.61 Å². The van der Waals surface area contributed by atoms with Gasteiger partial charge in [-0.3, -0.25) is 0 Å². The Bertz CT molecular complexity index is 615. The molecule has 0 atom stereocenters. The van der Waals surface area contributed by atoms with E-state index in [9.17, 15) is 9.18 Å². The van der Waals surface area contributed by atoms with Gasteiger partial charge in [-0.25, -0.2) is 9.78 Å². The van der Waals surface area contributed by atoms with Gasteiger partial charge in [-0.05, 0) is 17.2 Å². The van der Waals surface area contributed by atoms with E-state index in [0.29, 0.717) is 12.1 Å². The van der Waals surface area contributed by atoms with Gasteiger partial charge < -0.3 is 10.1 Å². The molecule has 2 rings (SSSR count). The van der Waals surface area contributed by atoms with Crippen molar-refractivity contribution in [1.82, 2.24) is 10.3 Å². The van der Waals surface area contributed by atoms with Crippen molar-refractivity contribution in [1.29, 1.82) is 0 Å². The van der Waals surface area contributed by atoms with Crippen molar-refractivity contribution in [3.63, 3.8) is 0 Å². The average molecular weight is 286 g/mol. The molecule has 0 aliphatic carbocycles. The van der Waals surface area contributed by atoms with E-state index in [4.69, 9.17) is 4.74 Å². The predicted molar refractivity (Wildman–Crippen MR) is 77.9 cm³/mol. The number of nitrogens with one attached hydrogen (secondary N) is 1. The molecule has 5 heteroatoms. The number of benzene rings is 1. The summed E-state index contributed by atoms with van der Waals surface area (Å²) in [4.78, 5) is 14.9. The van der Waals surface area contributed by atoms with Crippen LogP contribution in [0.2, 0.25) is 0 Å². The van der Waals surface area contributed by atoms with E-state index in [2.05, 4.69) is 10.3 Å². The lowest BCUT2D eigenvalue weighted by Crippen LogP contribution is -2.24. The van der Waals surface area contributed by atoms with E-state index in [1.807, 2.05) is 30.3 Å². The van der Waals surface area contributed by atoms with Crippen molar-refractivity contribution >= 4 is 12.2 Å². The molecule has 0 aliphatic heterocycles. The van der Waals surface area contributed by atoms with E-state index in [1.165, 1.54) is 12.3 Å². The first-order valence-electron chi connectivity index (χ1n) is 6.47. The van der Waals surface area contributed by atoms with Crippen LogP contribution < -0.4 is 5.32 Å². The molecular weight excluding hydrogens is 271 g/mol. The molecule has 0 saturated heterocycles. The molecule has 4 nitrogen and oxygen atoms in total. The van der Waals surface area contributed by atoms with Crippen LogP contribution in [-0.2, 0) is 11.3 Å². The minimum absolute atomic E-state index is 0.228. The fraction of sp³-hybridized carbons (Fsp3) is 0.125. The van der Waals surface area contributed by atoms with Crippen LogP contribution >= 0.6 is 0 Å². The number of rotatable bonds is 5. The largest absolute Gasteiger partial charge is 0.445 e.